The molecule has 0 bridgehead atoms. The molecular formula is C100H97Cl4F3N4O18. The van der Waals surface area contributed by atoms with Crippen LogP contribution in [0.5, 0.6) is 46.0 Å². The molecule has 2 heterocycles. The molecule has 0 radical (unpaired) electrons. The SMILES string of the molecule is C=C(Cl)C(=O)OCCc1ccc(Oc2cc3c4c(cc(Oc5ccc(CCOC(=O)C(=C)Cl)cc5)c5c6c(Oc7ccc(CCOC(=O)C(=C)Cl)cc7)cc7c8c(cc(Oc9ccc(CCOC(=O)C(=C)Cl)cc9)c(c2c45)c86)C(=O)N(C(CC(F)(F)F)C(=O)N(C2CCCCC2)C2CCCCC2)C7=O)C(=O)N(C(CC)C(=O)N(C2CCCCC2)C2CCCCC2)C3=O)cc1. The molecule has 674 valence electrons. The van der Waals surface area contributed by atoms with Crippen molar-refractivity contribution >= 4 is 149 Å². The first kappa shape index (κ1) is 92.2. The van der Waals surface area contributed by atoms with Gasteiger partial charge < -0.3 is 47.7 Å². The molecule has 0 spiro atoms. The van der Waals surface area contributed by atoms with Crippen LogP contribution in [-0.4, -0.2) is 148 Å². The molecule has 6 aliphatic rings. The number of alkyl halides is 3. The quantitative estimate of drug-likeness (QED) is 0.00906. The third kappa shape index (κ3) is 20.1. The van der Waals surface area contributed by atoms with Gasteiger partial charge in [0, 0.05) is 92.9 Å². The Balaban J connectivity index is 1.04. The predicted molar refractivity (Wildman–Crippen MR) is 483 cm³/mol. The average molecular weight is 1840 g/mol. The summed E-state index contributed by atoms with van der Waals surface area (Å²) >= 11 is 23.5. The topological polar surface area (TPSA) is 258 Å². The minimum absolute atomic E-state index is 0.00573. The summed E-state index contributed by atoms with van der Waals surface area (Å²) in [5.41, 5.74) is 1.47. The standard InChI is InChI=1S/C100H97Cl4F3N4O18/c1-6-76(94(116)108(64-19-11-7-12-20-64)65-21-13-8-14-22-65)110-90(112)72-51-78(126-68-35-27-60(28-36-68)43-47-122-96(118)56(2)101)84-86-80(128-70-39-31-62(32-40-70)45-49-124-98(120)58(4)103)53-74-83-75(93(115)111(92(74)114)77(55-100(105,106)107)95(117)109(66-23-15-9-16-24-66)67-25-17-10-18-26-67)54-81(129-71-41-33-63(34-42-71)46-50-125-99(121)59(5)104)87(89(83)86)85-79(52-73(91(110)113)82(72)88(84)85)127-69-37-29-61(30-38-69)44-48-123-97(119)57(3)102/h27-42,51-54,64-67,76-77H,2-26,43-50,55H2,1H3. The highest BCUT2D eigenvalue weighted by Crippen LogP contribution is 2.59. The molecule has 2 atom stereocenters. The van der Waals surface area contributed by atoms with E-state index >= 15 is 41.9 Å². The lowest BCUT2D eigenvalue weighted by molar-refractivity contribution is -0.162. The summed E-state index contributed by atoms with van der Waals surface area (Å²) < 4.78 is 98.9. The maximum Gasteiger partial charge on any atom is 0.391 e. The number of hydrogen-bond donors (Lipinski definition) is 0. The van der Waals surface area contributed by atoms with Crippen molar-refractivity contribution in [2.45, 2.75) is 216 Å². The van der Waals surface area contributed by atoms with E-state index in [2.05, 4.69) is 26.3 Å². The Kier molecular flexibility index (Phi) is 28.8. The van der Waals surface area contributed by atoms with Gasteiger partial charge in [-0.1, -0.05) is 205 Å². The van der Waals surface area contributed by atoms with Gasteiger partial charge in [0.1, 0.15) is 78.2 Å². The van der Waals surface area contributed by atoms with E-state index in [1.54, 1.807) is 109 Å². The summed E-state index contributed by atoms with van der Waals surface area (Å²) in [6.07, 6.45) is 8.33. The van der Waals surface area contributed by atoms with E-state index in [1.807, 2.05) is 4.90 Å². The summed E-state index contributed by atoms with van der Waals surface area (Å²) in [6.45, 7) is 15.2. The third-order valence-electron chi connectivity index (χ3n) is 25.3. The Bertz CT molecular complexity index is 5600. The number of amides is 6. The Morgan fingerprint density at radius 2 is 0.581 bits per heavy atom. The second-order valence-corrected chi connectivity index (χ2v) is 35.5. The van der Waals surface area contributed by atoms with Crippen molar-refractivity contribution in [3.63, 3.8) is 0 Å². The second-order valence-electron chi connectivity index (χ2n) is 33.7. The number of halogens is 7. The Hall–Kier alpha value is -11.5. The number of hydrogen-bond acceptors (Lipinski definition) is 18. The summed E-state index contributed by atoms with van der Waals surface area (Å²) in [5, 5.41) is -1.43. The molecule has 0 aromatic heterocycles. The zero-order valence-electron chi connectivity index (χ0n) is 71.3. The monoisotopic (exact) mass is 1840 g/mol. The Morgan fingerprint density at radius 1 is 0.357 bits per heavy atom. The largest absolute Gasteiger partial charge is 0.461 e. The van der Waals surface area contributed by atoms with Crippen LogP contribution in [0.3, 0.4) is 0 Å². The van der Waals surface area contributed by atoms with Gasteiger partial charge in [-0.05, 0) is 153 Å². The van der Waals surface area contributed by atoms with Crippen molar-refractivity contribution in [2.75, 3.05) is 26.4 Å². The van der Waals surface area contributed by atoms with E-state index in [-0.39, 0.29) is 197 Å². The molecule has 29 heteroatoms. The summed E-state index contributed by atoms with van der Waals surface area (Å²) in [4.78, 5) is 155. The van der Waals surface area contributed by atoms with Crippen LogP contribution < -0.4 is 18.9 Å². The minimum Gasteiger partial charge on any atom is -0.461 e. The fourth-order valence-corrected chi connectivity index (χ4v) is 19.5. The van der Waals surface area contributed by atoms with Crippen molar-refractivity contribution < 1.29 is 99.0 Å². The smallest absolute Gasteiger partial charge is 0.391 e. The van der Waals surface area contributed by atoms with Crippen LogP contribution in [0.1, 0.15) is 212 Å². The molecule has 22 nitrogen and oxygen atoms in total. The normalized spacial score (nSPS) is 16.4. The van der Waals surface area contributed by atoms with E-state index < -0.39 is 101 Å². The lowest BCUT2D eigenvalue weighted by Crippen LogP contribution is -2.60. The number of carbonyl (C=O) groups is 10. The van der Waals surface area contributed by atoms with E-state index in [1.165, 1.54) is 24.3 Å². The van der Waals surface area contributed by atoms with Gasteiger partial charge in [-0.25, -0.2) is 19.2 Å². The molecule has 4 saturated carbocycles. The molecule has 6 amide bonds. The van der Waals surface area contributed by atoms with Gasteiger partial charge in [0.15, 0.2) is 0 Å². The molecular weight excluding hydrogens is 1740 g/mol. The highest BCUT2D eigenvalue weighted by Gasteiger charge is 2.52. The first-order valence-electron chi connectivity index (χ1n) is 44.0. The molecule has 4 aliphatic carbocycles. The molecule has 4 fully saturated rings. The molecule has 129 heavy (non-hydrogen) atoms. The maximum absolute atomic E-state index is 16.9. The first-order valence-corrected chi connectivity index (χ1v) is 45.5. The predicted octanol–water partition coefficient (Wildman–Crippen LogP) is 22.5. The van der Waals surface area contributed by atoms with Gasteiger partial charge in [0.2, 0.25) is 11.8 Å². The van der Waals surface area contributed by atoms with Crippen molar-refractivity contribution in [2.24, 2.45) is 0 Å². The Morgan fingerprint density at radius 3 is 0.798 bits per heavy atom. The van der Waals surface area contributed by atoms with Gasteiger partial charge in [-0.15, -0.1) is 0 Å². The molecule has 9 aromatic rings. The number of fused-ring (bicyclic) bond motifs is 2. The van der Waals surface area contributed by atoms with Gasteiger partial charge in [0.05, 0.1) is 55.1 Å². The van der Waals surface area contributed by atoms with Crippen LogP contribution in [0.2, 0.25) is 0 Å². The van der Waals surface area contributed by atoms with Gasteiger partial charge >= 0.3 is 30.1 Å². The molecule has 2 aliphatic heterocycles. The first-order chi connectivity index (χ1) is 62.0. The zero-order valence-corrected chi connectivity index (χ0v) is 74.4. The molecule has 9 aromatic carbocycles. The van der Waals surface area contributed by atoms with E-state index in [0.29, 0.717) is 78.5 Å². The lowest BCUT2D eigenvalue weighted by Gasteiger charge is -2.45. The lowest BCUT2D eigenvalue weighted by atomic mass is 9.80. The highest BCUT2D eigenvalue weighted by atomic mass is 35.5. The molecule has 0 N–H and O–H groups in total. The highest BCUT2D eigenvalue weighted by molar-refractivity contribution is 6.46. The average Bonchev–Trinajstić information content (AvgIpc) is 0.668. The number of nitrogens with zero attached hydrogens (tertiary/aromatic N) is 4. The van der Waals surface area contributed by atoms with Crippen LogP contribution in [0.4, 0.5) is 13.2 Å². The third-order valence-corrected chi connectivity index (χ3v) is 26.0. The number of ether oxygens (including phenoxy) is 8. The second kappa shape index (κ2) is 40.2. The van der Waals surface area contributed by atoms with Crippen molar-refractivity contribution in [1.29, 1.82) is 0 Å². The number of imide groups is 2. The fourth-order valence-electron chi connectivity index (χ4n) is 19.3. The fraction of sp³-hybridized carbons (Fsp3) is 0.380. The number of esters is 4. The van der Waals surface area contributed by atoms with Crippen molar-refractivity contribution in [3.8, 4) is 46.0 Å². The summed E-state index contributed by atoms with van der Waals surface area (Å²) in [7, 11) is 0. The molecule has 15 rings (SSSR count). The maximum atomic E-state index is 16.9. The van der Waals surface area contributed by atoms with E-state index in [4.69, 9.17) is 84.3 Å². The van der Waals surface area contributed by atoms with E-state index in [0.717, 1.165) is 81.9 Å². The van der Waals surface area contributed by atoms with Crippen LogP contribution in [0, 0.1) is 0 Å². The van der Waals surface area contributed by atoms with Crippen LogP contribution in [0.15, 0.2) is 168 Å². The van der Waals surface area contributed by atoms with Gasteiger partial charge in [0.25, 0.3) is 23.6 Å². The van der Waals surface area contributed by atoms with Gasteiger partial charge in [-0.3, -0.25) is 38.6 Å². The van der Waals surface area contributed by atoms with E-state index in [9.17, 15) is 19.2 Å². The van der Waals surface area contributed by atoms with Crippen molar-refractivity contribution in [1.82, 2.24) is 19.6 Å². The molecule has 2 unspecified atom stereocenters. The van der Waals surface area contributed by atoms with Crippen LogP contribution in [-0.2, 0) is 73.4 Å². The molecule has 0 saturated heterocycles. The summed E-state index contributed by atoms with van der Waals surface area (Å²) in [5.74, 6) is -9.47. The van der Waals surface area contributed by atoms with Gasteiger partial charge in [-0.2, -0.15) is 13.2 Å². The summed E-state index contributed by atoms with van der Waals surface area (Å²) in [6, 6.07) is 26.6. The van der Waals surface area contributed by atoms with Crippen LogP contribution in [0.25, 0.3) is 43.1 Å². The minimum atomic E-state index is -5.17. The zero-order chi connectivity index (χ0) is 91.2. The van der Waals surface area contributed by atoms with Crippen molar-refractivity contribution in [3.05, 3.63) is 212 Å². The number of carbonyl (C=O) groups excluding carboxylic acids is 10. The number of rotatable bonds is 34. The number of benzene rings is 9. The van der Waals surface area contributed by atoms with Crippen LogP contribution >= 0.6 is 46.4 Å². The Labute approximate surface area is 763 Å².